The van der Waals surface area contributed by atoms with Gasteiger partial charge in [0, 0.05) is 27.2 Å². The second kappa shape index (κ2) is 11.1. The number of hydrogen-bond donors (Lipinski definition) is 1. The zero-order chi connectivity index (χ0) is 18.9. The molecule has 0 aromatic rings. The molecule has 25 heavy (non-hydrogen) atoms. The molecule has 0 aliphatic carbocycles. The third-order valence-electron chi connectivity index (χ3n) is 4.55. The average molecular weight is 361 g/mol. The predicted octanol–water partition coefficient (Wildman–Crippen LogP) is 2.75. The van der Waals surface area contributed by atoms with Gasteiger partial charge in [0.05, 0.1) is 6.61 Å². The number of nitrogens with zero attached hydrogens (tertiary/aromatic N) is 1. The molecule has 7 nitrogen and oxygen atoms in total. The second-order valence-corrected chi connectivity index (χ2v) is 6.63. The molecule has 0 spiro atoms. The maximum absolute atomic E-state index is 11.5. The number of hydrogen-bond acceptors (Lipinski definition) is 7. The fraction of sp³-hybridized carbons (Fsp3) is 0.944. The first-order chi connectivity index (χ1) is 11.9. The summed E-state index contributed by atoms with van der Waals surface area (Å²) >= 11 is 0. The Balaban J connectivity index is 2.98. The van der Waals surface area contributed by atoms with E-state index < -0.39 is 30.0 Å². The minimum Gasteiger partial charge on any atom is -0.434 e. The van der Waals surface area contributed by atoms with E-state index in [1.165, 1.54) is 14.0 Å². The molecule has 1 fully saturated rings. The Kier molecular flexibility index (Phi) is 9.89. The lowest BCUT2D eigenvalue weighted by Gasteiger charge is -2.35. The maximum atomic E-state index is 11.5. The van der Waals surface area contributed by atoms with Gasteiger partial charge < -0.3 is 24.2 Å². The Morgan fingerprint density at radius 1 is 1.20 bits per heavy atom. The van der Waals surface area contributed by atoms with E-state index in [1.54, 1.807) is 0 Å². The van der Waals surface area contributed by atoms with Gasteiger partial charge in [-0.05, 0) is 19.3 Å². The standard InChI is InChI=1S/C18H35NO6/c1-6-9-11-22-13-18(8-3)16(23-12-10-7-2)15(19(5)21)17(25-18)24-14(4)20/h15-17,21H,6-13H2,1-5H3/t15-,16+,17?,18-/m1/s1. The van der Waals surface area contributed by atoms with Crippen molar-refractivity contribution < 1.29 is 28.9 Å². The molecule has 148 valence electrons. The largest absolute Gasteiger partial charge is 0.434 e. The molecule has 0 bridgehead atoms. The van der Waals surface area contributed by atoms with Crippen molar-refractivity contribution in [3.05, 3.63) is 0 Å². The highest BCUT2D eigenvalue weighted by Gasteiger charge is 2.58. The van der Waals surface area contributed by atoms with Gasteiger partial charge in [-0.3, -0.25) is 4.79 Å². The second-order valence-electron chi connectivity index (χ2n) is 6.63. The third-order valence-corrected chi connectivity index (χ3v) is 4.55. The smallest absolute Gasteiger partial charge is 0.304 e. The van der Waals surface area contributed by atoms with Crippen LogP contribution in [0, 0.1) is 0 Å². The van der Waals surface area contributed by atoms with E-state index in [9.17, 15) is 10.0 Å². The lowest BCUT2D eigenvalue weighted by Crippen LogP contribution is -2.52. The van der Waals surface area contributed by atoms with Gasteiger partial charge in [-0.1, -0.05) is 33.6 Å². The van der Waals surface area contributed by atoms with Crippen molar-refractivity contribution in [2.75, 3.05) is 26.9 Å². The number of likely N-dealkylation sites (N-methyl/N-ethyl adjacent to an activating group) is 1. The van der Waals surface area contributed by atoms with Gasteiger partial charge in [0.2, 0.25) is 6.29 Å². The van der Waals surface area contributed by atoms with Gasteiger partial charge in [-0.15, -0.1) is 0 Å². The summed E-state index contributed by atoms with van der Waals surface area (Å²) in [6.07, 6.45) is 3.21. The summed E-state index contributed by atoms with van der Waals surface area (Å²) in [5.41, 5.74) is -0.761. The van der Waals surface area contributed by atoms with Crippen LogP contribution in [0.5, 0.6) is 0 Å². The van der Waals surface area contributed by atoms with Crippen LogP contribution in [0.25, 0.3) is 0 Å². The van der Waals surface area contributed by atoms with E-state index >= 15 is 0 Å². The van der Waals surface area contributed by atoms with Gasteiger partial charge in [0.25, 0.3) is 0 Å². The first kappa shape index (κ1) is 22.3. The van der Waals surface area contributed by atoms with Crippen molar-refractivity contribution >= 4 is 5.97 Å². The molecule has 1 aliphatic rings. The quantitative estimate of drug-likeness (QED) is 0.325. The number of carbonyl (C=O) groups excluding carboxylic acids is 1. The van der Waals surface area contributed by atoms with Gasteiger partial charge in [0.1, 0.15) is 17.7 Å². The van der Waals surface area contributed by atoms with E-state index in [0.29, 0.717) is 26.2 Å². The van der Waals surface area contributed by atoms with Gasteiger partial charge in [-0.25, -0.2) is 0 Å². The summed E-state index contributed by atoms with van der Waals surface area (Å²) in [5.74, 6) is -0.456. The van der Waals surface area contributed by atoms with E-state index in [-0.39, 0.29) is 0 Å². The minimum atomic E-state index is -0.895. The van der Waals surface area contributed by atoms with Crippen molar-refractivity contribution in [2.45, 2.75) is 83.8 Å². The topological polar surface area (TPSA) is 77.5 Å². The molecular weight excluding hydrogens is 326 g/mol. The van der Waals surface area contributed by atoms with E-state index in [0.717, 1.165) is 30.7 Å². The van der Waals surface area contributed by atoms with Crippen LogP contribution in [-0.2, 0) is 23.7 Å². The number of hydroxylamine groups is 2. The molecule has 1 saturated heterocycles. The Bertz CT molecular complexity index is 392. The molecule has 0 radical (unpaired) electrons. The van der Waals surface area contributed by atoms with Crippen LogP contribution >= 0.6 is 0 Å². The summed E-state index contributed by atoms with van der Waals surface area (Å²) in [6, 6.07) is -0.601. The summed E-state index contributed by atoms with van der Waals surface area (Å²) in [5, 5.41) is 11.2. The van der Waals surface area contributed by atoms with Crippen LogP contribution in [0.15, 0.2) is 0 Å². The SMILES string of the molecule is CCCCOC[C@@]1(CC)OC(OC(C)=O)[C@H](N(C)O)[C@@H]1OCCCC. The number of unbranched alkanes of at least 4 members (excludes halogenated alkanes) is 2. The molecule has 1 rings (SSSR count). The van der Waals surface area contributed by atoms with Crippen molar-refractivity contribution in [3.8, 4) is 0 Å². The highest BCUT2D eigenvalue weighted by molar-refractivity contribution is 5.66. The van der Waals surface area contributed by atoms with E-state index in [2.05, 4.69) is 13.8 Å². The van der Waals surface area contributed by atoms with Gasteiger partial charge in [0.15, 0.2) is 0 Å². The summed E-state index contributed by atoms with van der Waals surface area (Å²) in [6.45, 7) is 9.04. The highest BCUT2D eigenvalue weighted by Crippen LogP contribution is 2.39. The molecule has 1 aliphatic heterocycles. The van der Waals surface area contributed by atoms with Gasteiger partial charge >= 0.3 is 5.97 Å². The molecular formula is C18H35NO6. The first-order valence-corrected chi connectivity index (χ1v) is 9.37. The molecule has 0 aromatic carbocycles. The van der Waals surface area contributed by atoms with Crippen LogP contribution in [0.3, 0.4) is 0 Å². The highest BCUT2D eigenvalue weighted by atomic mass is 16.7. The summed E-state index contributed by atoms with van der Waals surface area (Å²) < 4.78 is 23.3. The molecule has 4 atom stereocenters. The normalized spacial score (nSPS) is 29.3. The minimum absolute atomic E-state index is 0.336. The summed E-state index contributed by atoms with van der Waals surface area (Å²) in [7, 11) is 1.52. The zero-order valence-electron chi connectivity index (χ0n) is 16.3. The zero-order valence-corrected chi connectivity index (χ0v) is 16.3. The van der Waals surface area contributed by atoms with Crippen LogP contribution in [-0.4, -0.2) is 67.1 Å². The number of ether oxygens (including phenoxy) is 4. The van der Waals surface area contributed by atoms with Crippen LogP contribution in [0.1, 0.15) is 59.8 Å². The monoisotopic (exact) mass is 361 g/mol. The van der Waals surface area contributed by atoms with Gasteiger partial charge in [-0.2, -0.15) is 5.06 Å². The molecule has 1 heterocycles. The van der Waals surface area contributed by atoms with Crippen molar-refractivity contribution in [1.82, 2.24) is 5.06 Å². The van der Waals surface area contributed by atoms with Crippen molar-refractivity contribution in [2.24, 2.45) is 0 Å². The summed E-state index contributed by atoms with van der Waals surface area (Å²) in [4.78, 5) is 11.5. The van der Waals surface area contributed by atoms with E-state index in [4.69, 9.17) is 18.9 Å². The maximum Gasteiger partial charge on any atom is 0.304 e. The number of rotatable bonds is 12. The molecule has 0 amide bonds. The molecule has 1 unspecified atom stereocenters. The van der Waals surface area contributed by atoms with Crippen molar-refractivity contribution in [3.63, 3.8) is 0 Å². The first-order valence-electron chi connectivity index (χ1n) is 9.37. The molecule has 0 aromatic heterocycles. The van der Waals surface area contributed by atoms with Crippen LogP contribution < -0.4 is 0 Å². The molecule has 1 N–H and O–H groups in total. The Hall–Kier alpha value is -0.730. The fourth-order valence-electron chi connectivity index (χ4n) is 3.05. The molecule has 0 saturated carbocycles. The average Bonchev–Trinajstić information content (AvgIpc) is 2.85. The Labute approximate surface area is 151 Å². The fourth-order valence-corrected chi connectivity index (χ4v) is 3.05. The lowest BCUT2D eigenvalue weighted by molar-refractivity contribution is -0.217. The van der Waals surface area contributed by atoms with Crippen LogP contribution in [0.4, 0.5) is 0 Å². The predicted molar refractivity (Wildman–Crippen MR) is 93.4 cm³/mol. The Morgan fingerprint density at radius 3 is 2.36 bits per heavy atom. The third kappa shape index (κ3) is 6.18. The van der Waals surface area contributed by atoms with Crippen molar-refractivity contribution in [1.29, 1.82) is 0 Å². The van der Waals surface area contributed by atoms with Crippen LogP contribution in [0.2, 0.25) is 0 Å². The Morgan fingerprint density at radius 2 is 1.84 bits per heavy atom. The molecule has 7 heteroatoms. The lowest BCUT2D eigenvalue weighted by atomic mass is 9.91. The number of carbonyl (C=O) groups is 1. The van der Waals surface area contributed by atoms with E-state index in [1.807, 2.05) is 6.92 Å². The number of esters is 1.